The second-order valence-electron chi connectivity index (χ2n) is 4.25. The average Bonchev–Trinajstić information content (AvgIpc) is 2.16. The fraction of sp³-hybridized carbons (Fsp3) is 0.385. The molecule has 1 aromatic carbocycles. The zero-order valence-electron chi connectivity index (χ0n) is 9.28. The summed E-state index contributed by atoms with van der Waals surface area (Å²) in [6.45, 7) is 4.78. The molecule has 0 spiro atoms. The Morgan fingerprint density at radius 3 is 1.93 bits per heavy atom. The van der Waals surface area contributed by atoms with Crippen LogP contribution in [0.1, 0.15) is 26.3 Å². The minimum Gasteiger partial charge on any atom is -0.378 e. The molecule has 0 radical (unpaired) electrons. The second kappa shape index (κ2) is 4.06. The quantitative estimate of drug-likeness (QED) is 0.683. The van der Waals surface area contributed by atoms with Gasteiger partial charge in [-0.25, -0.2) is 0 Å². The fourth-order valence-corrected chi connectivity index (χ4v) is 1.11. The molecule has 15 heavy (non-hydrogen) atoms. The third-order valence-corrected chi connectivity index (χ3v) is 1.95. The fourth-order valence-electron chi connectivity index (χ4n) is 1.11. The van der Waals surface area contributed by atoms with Gasteiger partial charge in [-0.15, -0.1) is 0 Å². The monoisotopic (exact) mass is 204 g/mol. The van der Waals surface area contributed by atoms with Crippen LogP contribution in [0.4, 0.5) is 0 Å². The Labute approximate surface area is 90.6 Å². The molecule has 1 rings (SSSR count). The summed E-state index contributed by atoms with van der Waals surface area (Å²) in [5.41, 5.74) is -1.58. The Morgan fingerprint density at radius 1 is 0.933 bits per heavy atom. The van der Waals surface area contributed by atoms with E-state index in [1.54, 1.807) is 32.9 Å². The molecular weight excluding hydrogens is 188 g/mol. The van der Waals surface area contributed by atoms with Crippen LogP contribution < -0.4 is 0 Å². The number of benzene rings is 1. The molecule has 2 N–H and O–H groups in total. The highest BCUT2D eigenvalue weighted by atomic mass is 16.3. The van der Waals surface area contributed by atoms with Crippen LogP contribution in [0, 0.1) is 11.8 Å². The van der Waals surface area contributed by atoms with Crippen molar-refractivity contribution in [3.8, 4) is 11.8 Å². The van der Waals surface area contributed by atoms with Crippen LogP contribution in [0.25, 0.3) is 0 Å². The Bertz CT molecular complexity index is 374. The molecule has 1 aromatic rings. The van der Waals surface area contributed by atoms with E-state index in [1.165, 1.54) is 0 Å². The Morgan fingerprint density at radius 2 is 1.47 bits per heavy atom. The first-order chi connectivity index (χ1) is 6.81. The summed E-state index contributed by atoms with van der Waals surface area (Å²) >= 11 is 0. The topological polar surface area (TPSA) is 40.5 Å². The Kier molecular flexibility index (Phi) is 3.18. The Hall–Kier alpha value is -1.30. The van der Waals surface area contributed by atoms with E-state index in [0.29, 0.717) is 0 Å². The van der Waals surface area contributed by atoms with Crippen LogP contribution in [0.3, 0.4) is 0 Å². The predicted molar refractivity (Wildman–Crippen MR) is 60.1 cm³/mol. The Balaban J connectivity index is 2.98. The van der Waals surface area contributed by atoms with Crippen LogP contribution >= 0.6 is 0 Å². The van der Waals surface area contributed by atoms with E-state index in [1.807, 2.05) is 18.2 Å². The minimum absolute atomic E-state index is 0.724. The molecule has 1 atom stereocenters. The highest BCUT2D eigenvalue weighted by Crippen LogP contribution is 2.19. The maximum absolute atomic E-state index is 10.1. The van der Waals surface area contributed by atoms with Crippen molar-refractivity contribution in [2.24, 2.45) is 0 Å². The lowest BCUT2D eigenvalue weighted by atomic mass is 9.95. The molecule has 0 aliphatic rings. The van der Waals surface area contributed by atoms with Crippen molar-refractivity contribution in [1.82, 2.24) is 0 Å². The van der Waals surface area contributed by atoms with E-state index < -0.39 is 11.2 Å². The third-order valence-electron chi connectivity index (χ3n) is 1.95. The van der Waals surface area contributed by atoms with Crippen LogP contribution in [0.15, 0.2) is 30.3 Å². The van der Waals surface area contributed by atoms with E-state index in [2.05, 4.69) is 11.8 Å². The molecule has 80 valence electrons. The molecule has 0 fully saturated rings. The smallest absolute Gasteiger partial charge is 0.148 e. The van der Waals surface area contributed by atoms with E-state index in [9.17, 15) is 10.2 Å². The number of hydrogen-bond acceptors (Lipinski definition) is 2. The average molecular weight is 204 g/mol. The first-order valence-corrected chi connectivity index (χ1v) is 4.86. The number of aliphatic hydroxyl groups is 2. The second-order valence-corrected chi connectivity index (χ2v) is 4.25. The maximum atomic E-state index is 10.1. The van der Waals surface area contributed by atoms with Crippen LogP contribution in [-0.4, -0.2) is 15.8 Å². The molecule has 0 saturated carbocycles. The van der Waals surface area contributed by atoms with Gasteiger partial charge in [0, 0.05) is 0 Å². The zero-order valence-corrected chi connectivity index (χ0v) is 9.28. The van der Waals surface area contributed by atoms with E-state index in [4.69, 9.17) is 0 Å². The SMILES string of the molecule is CC(C)(O)C#CC(C)(O)c1ccccc1. The summed E-state index contributed by atoms with van der Waals surface area (Å²) < 4.78 is 0. The van der Waals surface area contributed by atoms with Gasteiger partial charge in [-0.3, -0.25) is 0 Å². The van der Waals surface area contributed by atoms with Crippen molar-refractivity contribution in [3.05, 3.63) is 35.9 Å². The standard InChI is InChI=1S/C13H16O2/c1-12(2,14)9-10-13(3,15)11-7-5-4-6-8-11/h4-8,14-15H,1-3H3. The van der Waals surface area contributed by atoms with E-state index >= 15 is 0 Å². The van der Waals surface area contributed by atoms with Crippen molar-refractivity contribution in [3.63, 3.8) is 0 Å². The highest BCUT2D eigenvalue weighted by Gasteiger charge is 2.20. The van der Waals surface area contributed by atoms with Crippen LogP contribution in [0.5, 0.6) is 0 Å². The summed E-state index contributed by atoms with van der Waals surface area (Å²) in [5.74, 6) is 5.29. The number of rotatable bonds is 1. The van der Waals surface area contributed by atoms with Gasteiger partial charge in [0.1, 0.15) is 11.2 Å². The molecule has 0 heterocycles. The predicted octanol–water partition coefficient (Wildman–Crippen LogP) is 1.67. The van der Waals surface area contributed by atoms with Crippen LogP contribution in [0.2, 0.25) is 0 Å². The third kappa shape index (κ3) is 3.75. The van der Waals surface area contributed by atoms with Crippen molar-refractivity contribution >= 4 is 0 Å². The minimum atomic E-state index is -1.22. The summed E-state index contributed by atoms with van der Waals surface area (Å²) in [7, 11) is 0. The largest absolute Gasteiger partial charge is 0.378 e. The van der Waals surface area contributed by atoms with Gasteiger partial charge in [0.05, 0.1) is 0 Å². The van der Waals surface area contributed by atoms with Crippen molar-refractivity contribution in [1.29, 1.82) is 0 Å². The van der Waals surface area contributed by atoms with Crippen molar-refractivity contribution in [2.45, 2.75) is 32.0 Å². The molecule has 2 heteroatoms. The molecule has 0 amide bonds. The maximum Gasteiger partial charge on any atom is 0.148 e. The van der Waals surface area contributed by atoms with Gasteiger partial charge >= 0.3 is 0 Å². The molecule has 2 nitrogen and oxygen atoms in total. The van der Waals surface area contributed by atoms with E-state index in [0.717, 1.165) is 5.56 Å². The first kappa shape index (κ1) is 11.8. The first-order valence-electron chi connectivity index (χ1n) is 4.86. The summed E-state index contributed by atoms with van der Waals surface area (Å²) in [5, 5.41) is 19.5. The van der Waals surface area contributed by atoms with Crippen LogP contribution in [-0.2, 0) is 5.60 Å². The summed E-state index contributed by atoms with van der Waals surface area (Å²) in [6.07, 6.45) is 0. The van der Waals surface area contributed by atoms with Gasteiger partial charge < -0.3 is 10.2 Å². The highest BCUT2D eigenvalue weighted by molar-refractivity contribution is 5.31. The van der Waals surface area contributed by atoms with Crippen molar-refractivity contribution in [2.75, 3.05) is 0 Å². The van der Waals surface area contributed by atoms with E-state index in [-0.39, 0.29) is 0 Å². The lowest BCUT2D eigenvalue weighted by Gasteiger charge is -2.17. The van der Waals surface area contributed by atoms with Gasteiger partial charge in [0.15, 0.2) is 0 Å². The molecule has 0 aliphatic carbocycles. The van der Waals surface area contributed by atoms with Gasteiger partial charge in [-0.2, -0.15) is 0 Å². The summed E-state index contributed by atoms with van der Waals surface area (Å²) in [4.78, 5) is 0. The lowest BCUT2D eigenvalue weighted by Crippen LogP contribution is -2.21. The molecule has 0 aromatic heterocycles. The molecule has 0 aliphatic heterocycles. The summed E-state index contributed by atoms with van der Waals surface area (Å²) in [6, 6.07) is 9.17. The van der Waals surface area contributed by atoms with Gasteiger partial charge in [0.2, 0.25) is 0 Å². The van der Waals surface area contributed by atoms with Gasteiger partial charge in [-0.1, -0.05) is 42.2 Å². The van der Waals surface area contributed by atoms with Gasteiger partial charge in [-0.05, 0) is 26.3 Å². The normalized spacial score (nSPS) is 15.0. The number of hydrogen-bond donors (Lipinski definition) is 2. The molecule has 1 unspecified atom stereocenters. The zero-order chi connectivity index (χ0) is 11.5. The molecule has 0 saturated heterocycles. The lowest BCUT2D eigenvalue weighted by molar-refractivity contribution is 0.116. The molecule has 0 bridgehead atoms. The van der Waals surface area contributed by atoms with Crippen molar-refractivity contribution < 1.29 is 10.2 Å². The van der Waals surface area contributed by atoms with Gasteiger partial charge in [0.25, 0.3) is 0 Å². The molecular formula is C13H16O2.